The average Bonchev–Trinajstić information content (AvgIpc) is 3.04. The first kappa shape index (κ1) is 18.9. The van der Waals surface area contributed by atoms with E-state index in [9.17, 15) is 4.79 Å². The van der Waals surface area contributed by atoms with Crippen molar-refractivity contribution in [1.29, 1.82) is 0 Å². The summed E-state index contributed by atoms with van der Waals surface area (Å²) in [7, 11) is 3.24. The summed E-state index contributed by atoms with van der Waals surface area (Å²) in [5, 5.41) is 4.16. The van der Waals surface area contributed by atoms with Gasteiger partial charge in [0.1, 0.15) is 34.0 Å². The average molecular weight is 387 g/mol. The summed E-state index contributed by atoms with van der Waals surface area (Å²) >= 11 is 1.37. The minimum atomic E-state index is -0.359. The molecule has 0 radical (unpaired) electrons. The summed E-state index contributed by atoms with van der Waals surface area (Å²) < 4.78 is 15.8. The third-order valence-corrected chi connectivity index (χ3v) is 5.15. The standard InChI is InChI=1S/C19H21N3O4S/c1-5-26-19(23)17-16-15(11(2)27-17)18(22-10-21-16)20-9-12-6-7-13(24-3)8-14(12)25-4/h6-8,10H,5,9H2,1-4H3,(H,20,21,22). The van der Waals surface area contributed by atoms with Crippen molar-refractivity contribution in [3.63, 3.8) is 0 Å². The van der Waals surface area contributed by atoms with E-state index in [1.807, 2.05) is 25.1 Å². The topological polar surface area (TPSA) is 82.6 Å². The molecular formula is C19H21N3O4S. The first-order valence-corrected chi connectivity index (χ1v) is 9.26. The fourth-order valence-corrected chi connectivity index (χ4v) is 3.78. The molecule has 2 aromatic heterocycles. The molecule has 0 fully saturated rings. The number of hydrogen-bond donors (Lipinski definition) is 1. The zero-order valence-electron chi connectivity index (χ0n) is 15.7. The van der Waals surface area contributed by atoms with Crippen LogP contribution >= 0.6 is 11.3 Å². The van der Waals surface area contributed by atoms with Crippen LogP contribution in [0.1, 0.15) is 27.0 Å². The number of benzene rings is 1. The highest BCUT2D eigenvalue weighted by molar-refractivity contribution is 7.15. The monoisotopic (exact) mass is 387 g/mol. The summed E-state index contributed by atoms with van der Waals surface area (Å²) in [6.45, 7) is 4.55. The van der Waals surface area contributed by atoms with Gasteiger partial charge in [0.15, 0.2) is 0 Å². The van der Waals surface area contributed by atoms with E-state index < -0.39 is 0 Å². The van der Waals surface area contributed by atoms with Crippen molar-refractivity contribution < 1.29 is 19.0 Å². The van der Waals surface area contributed by atoms with Crippen molar-refractivity contribution in [2.45, 2.75) is 20.4 Å². The number of aromatic nitrogens is 2. The van der Waals surface area contributed by atoms with Crippen molar-refractivity contribution in [2.75, 3.05) is 26.1 Å². The largest absolute Gasteiger partial charge is 0.497 e. The minimum Gasteiger partial charge on any atom is -0.497 e. The Morgan fingerprint density at radius 2 is 2.04 bits per heavy atom. The van der Waals surface area contributed by atoms with Crippen LogP contribution in [0.4, 0.5) is 5.82 Å². The quantitative estimate of drug-likeness (QED) is 0.617. The van der Waals surface area contributed by atoms with Gasteiger partial charge in [-0.05, 0) is 26.0 Å². The Hall–Kier alpha value is -2.87. The van der Waals surface area contributed by atoms with Gasteiger partial charge in [-0.2, -0.15) is 0 Å². The molecule has 0 aliphatic carbocycles. The second-order valence-electron chi connectivity index (χ2n) is 5.69. The molecule has 0 saturated carbocycles. The predicted octanol–water partition coefficient (Wildman–Crippen LogP) is 3.81. The summed E-state index contributed by atoms with van der Waals surface area (Å²) in [5.41, 5.74) is 1.57. The molecule has 142 valence electrons. The molecule has 3 aromatic rings. The normalized spacial score (nSPS) is 10.7. The van der Waals surface area contributed by atoms with E-state index in [-0.39, 0.29) is 5.97 Å². The summed E-state index contributed by atoms with van der Waals surface area (Å²) in [6, 6.07) is 5.65. The van der Waals surface area contributed by atoms with Gasteiger partial charge >= 0.3 is 5.97 Å². The zero-order chi connectivity index (χ0) is 19.4. The highest BCUT2D eigenvalue weighted by Gasteiger charge is 2.20. The number of carbonyl (C=O) groups excluding carboxylic acids is 1. The fourth-order valence-electron chi connectivity index (χ4n) is 2.79. The number of ether oxygens (including phenoxy) is 3. The molecule has 0 spiro atoms. The Morgan fingerprint density at radius 1 is 1.22 bits per heavy atom. The number of nitrogens with one attached hydrogen (secondary N) is 1. The minimum absolute atomic E-state index is 0.324. The number of thiophene rings is 1. The molecule has 0 aliphatic heterocycles. The molecule has 0 aliphatic rings. The number of rotatable bonds is 7. The molecule has 1 N–H and O–H groups in total. The van der Waals surface area contributed by atoms with Gasteiger partial charge in [0.2, 0.25) is 0 Å². The van der Waals surface area contributed by atoms with E-state index in [1.54, 1.807) is 21.1 Å². The van der Waals surface area contributed by atoms with Gasteiger partial charge in [-0.15, -0.1) is 11.3 Å². The third kappa shape index (κ3) is 3.80. The second kappa shape index (κ2) is 8.22. The van der Waals surface area contributed by atoms with Gasteiger partial charge in [-0.1, -0.05) is 0 Å². The lowest BCUT2D eigenvalue weighted by atomic mass is 10.2. The van der Waals surface area contributed by atoms with Crippen LogP contribution in [-0.2, 0) is 11.3 Å². The predicted molar refractivity (Wildman–Crippen MR) is 105 cm³/mol. The maximum absolute atomic E-state index is 12.2. The van der Waals surface area contributed by atoms with Crippen LogP contribution in [0.2, 0.25) is 0 Å². The highest BCUT2D eigenvalue weighted by atomic mass is 32.1. The molecule has 8 heteroatoms. The Bertz CT molecular complexity index is 971. The lowest BCUT2D eigenvalue weighted by molar-refractivity contribution is 0.0534. The molecule has 1 aromatic carbocycles. The number of aryl methyl sites for hydroxylation is 1. The van der Waals surface area contributed by atoms with Gasteiger partial charge in [0.25, 0.3) is 0 Å². The van der Waals surface area contributed by atoms with Gasteiger partial charge in [-0.25, -0.2) is 14.8 Å². The molecule has 27 heavy (non-hydrogen) atoms. The lowest BCUT2D eigenvalue weighted by Gasteiger charge is -2.12. The first-order valence-electron chi connectivity index (χ1n) is 8.45. The van der Waals surface area contributed by atoms with Gasteiger partial charge in [0.05, 0.1) is 26.2 Å². The maximum atomic E-state index is 12.2. The third-order valence-electron chi connectivity index (χ3n) is 4.07. The van der Waals surface area contributed by atoms with Crippen molar-refractivity contribution in [1.82, 2.24) is 9.97 Å². The van der Waals surface area contributed by atoms with Gasteiger partial charge < -0.3 is 19.5 Å². The van der Waals surface area contributed by atoms with Gasteiger partial charge in [-0.3, -0.25) is 0 Å². The van der Waals surface area contributed by atoms with Crippen LogP contribution in [0.15, 0.2) is 24.5 Å². The highest BCUT2D eigenvalue weighted by Crippen LogP contribution is 2.34. The van der Waals surface area contributed by atoms with Crippen molar-refractivity contribution >= 4 is 34.0 Å². The number of nitrogens with zero attached hydrogens (tertiary/aromatic N) is 2. The van der Waals surface area contributed by atoms with E-state index in [1.165, 1.54) is 17.7 Å². The molecule has 0 atom stereocenters. The van der Waals surface area contributed by atoms with Crippen LogP contribution in [-0.4, -0.2) is 36.8 Å². The van der Waals surface area contributed by atoms with Crippen LogP contribution < -0.4 is 14.8 Å². The van der Waals surface area contributed by atoms with Crippen LogP contribution in [0.5, 0.6) is 11.5 Å². The van der Waals surface area contributed by atoms with E-state index in [4.69, 9.17) is 14.2 Å². The smallest absolute Gasteiger partial charge is 0.350 e. The molecule has 0 unspecified atom stereocenters. The fraction of sp³-hybridized carbons (Fsp3) is 0.316. The summed E-state index contributed by atoms with van der Waals surface area (Å²) in [4.78, 5) is 22.3. The van der Waals surface area contributed by atoms with E-state index in [0.29, 0.717) is 29.4 Å². The van der Waals surface area contributed by atoms with Crippen LogP contribution in [0.3, 0.4) is 0 Å². The van der Waals surface area contributed by atoms with E-state index >= 15 is 0 Å². The van der Waals surface area contributed by atoms with Crippen LogP contribution in [0, 0.1) is 6.92 Å². The van der Waals surface area contributed by atoms with E-state index in [0.717, 1.165) is 27.3 Å². The number of fused-ring (bicyclic) bond motifs is 1. The Balaban J connectivity index is 1.91. The zero-order valence-corrected chi connectivity index (χ0v) is 16.5. The summed E-state index contributed by atoms with van der Waals surface area (Å²) in [6.07, 6.45) is 1.45. The van der Waals surface area contributed by atoms with Gasteiger partial charge in [0, 0.05) is 23.1 Å². The Morgan fingerprint density at radius 3 is 2.74 bits per heavy atom. The van der Waals surface area contributed by atoms with E-state index in [2.05, 4.69) is 15.3 Å². The lowest BCUT2D eigenvalue weighted by Crippen LogP contribution is -2.05. The maximum Gasteiger partial charge on any atom is 0.350 e. The number of methoxy groups -OCH3 is 2. The molecule has 0 saturated heterocycles. The summed E-state index contributed by atoms with van der Waals surface area (Å²) in [5.74, 6) is 1.76. The number of esters is 1. The van der Waals surface area contributed by atoms with Crippen LogP contribution in [0.25, 0.3) is 10.9 Å². The number of carbonyl (C=O) groups is 1. The molecular weight excluding hydrogens is 366 g/mol. The SMILES string of the molecule is CCOC(=O)c1sc(C)c2c(NCc3ccc(OC)cc3OC)ncnc12. The first-order chi connectivity index (χ1) is 13.1. The Kier molecular flexibility index (Phi) is 5.75. The number of anilines is 1. The Labute approximate surface area is 161 Å². The van der Waals surface area contributed by atoms with Crippen molar-refractivity contribution in [3.8, 4) is 11.5 Å². The second-order valence-corrected chi connectivity index (χ2v) is 6.91. The number of hydrogen-bond acceptors (Lipinski definition) is 8. The molecule has 0 amide bonds. The van der Waals surface area contributed by atoms with Crippen molar-refractivity contribution in [3.05, 3.63) is 39.8 Å². The molecule has 0 bridgehead atoms. The molecule has 2 heterocycles. The molecule has 7 nitrogen and oxygen atoms in total. The molecule has 3 rings (SSSR count). The van der Waals surface area contributed by atoms with Crippen molar-refractivity contribution in [2.24, 2.45) is 0 Å².